The number of benzene rings is 6. The van der Waals surface area contributed by atoms with Gasteiger partial charge in [-0.2, -0.15) is 0 Å². The summed E-state index contributed by atoms with van der Waals surface area (Å²) in [5.74, 6) is 1.36. The van der Waals surface area contributed by atoms with Crippen LogP contribution in [0.3, 0.4) is 0 Å². The number of rotatable bonds is 9. The molecular weight excluding hydrogens is 703 g/mol. The van der Waals surface area contributed by atoms with Crippen molar-refractivity contribution in [2.75, 3.05) is 4.90 Å². The van der Waals surface area contributed by atoms with Gasteiger partial charge >= 0.3 is 0 Å². The molecule has 284 valence electrons. The van der Waals surface area contributed by atoms with Crippen LogP contribution < -0.4 is 4.90 Å². The first kappa shape index (κ1) is 36.0. The zero-order valence-electron chi connectivity index (χ0n) is 33.7. The molecule has 7 aromatic rings. The van der Waals surface area contributed by atoms with Gasteiger partial charge in [-0.05, 0) is 118 Å². The van der Waals surface area contributed by atoms with Crippen LogP contribution in [-0.2, 0) is 11.8 Å². The molecule has 0 saturated carbocycles. The SMILES string of the molecule is CC/C=C\c1oc2c3c(c4ccccc4c2c1Cc1ccccc1)C(C)(C)c1cc(N(c2ccc(C4=CC=CCC4)cc2)c2ccc(C4C=CC=CC4)cc2)ccc1-3. The lowest BCUT2D eigenvalue weighted by atomic mass is 9.79. The van der Waals surface area contributed by atoms with Gasteiger partial charge < -0.3 is 9.32 Å². The van der Waals surface area contributed by atoms with Gasteiger partial charge in [-0.3, -0.25) is 0 Å². The molecule has 0 saturated heterocycles. The van der Waals surface area contributed by atoms with Crippen LogP contribution in [0.25, 0.3) is 44.5 Å². The standard InChI is InChI=1S/C56H49NO/c1-4-5-25-51-49(36-38-17-9-6-10-18-38)52-46-23-15-16-24-47(46)54-53(55(52)58-51)48-35-34-45(37-50(48)56(54,2)3)57(43-30-26-41(27-31-43)39-19-11-7-12-20-39)44-32-28-42(29-33-44)40-21-13-8-14-22-40/h5-13,15-19,21,23-35,37,39H,4,14,20,22,36H2,1-3H3/b25-5-. The Morgan fingerprint density at radius 3 is 2.22 bits per heavy atom. The van der Waals surface area contributed by atoms with Crippen molar-refractivity contribution < 1.29 is 4.42 Å². The first-order valence-electron chi connectivity index (χ1n) is 21.0. The number of nitrogens with zero attached hydrogens (tertiary/aromatic N) is 1. The lowest BCUT2D eigenvalue weighted by Crippen LogP contribution is -2.17. The normalized spacial score (nSPS) is 16.6. The molecule has 6 aromatic carbocycles. The maximum absolute atomic E-state index is 7.10. The lowest BCUT2D eigenvalue weighted by molar-refractivity contribution is 0.599. The van der Waals surface area contributed by atoms with Crippen LogP contribution in [0, 0.1) is 0 Å². The van der Waals surface area contributed by atoms with Crippen molar-refractivity contribution in [3.8, 4) is 11.1 Å². The number of furan rings is 1. The molecule has 0 fully saturated rings. The molecule has 58 heavy (non-hydrogen) atoms. The number of hydrogen-bond donors (Lipinski definition) is 0. The predicted octanol–water partition coefficient (Wildman–Crippen LogP) is 15.7. The van der Waals surface area contributed by atoms with E-state index in [-0.39, 0.29) is 5.41 Å². The Bertz CT molecular complexity index is 2820. The Morgan fingerprint density at radius 2 is 1.50 bits per heavy atom. The van der Waals surface area contributed by atoms with E-state index < -0.39 is 0 Å². The fourth-order valence-corrected chi connectivity index (χ4v) is 9.71. The second-order valence-electron chi connectivity index (χ2n) is 16.6. The first-order chi connectivity index (χ1) is 28.5. The Morgan fingerprint density at radius 1 is 0.759 bits per heavy atom. The summed E-state index contributed by atoms with van der Waals surface area (Å²) in [7, 11) is 0. The van der Waals surface area contributed by atoms with Crippen molar-refractivity contribution >= 4 is 50.5 Å². The third kappa shape index (κ3) is 6.19. The molecule has 1 aromatic heterocycles. The number of hydrogen-bond acceptors (Lipinski definition) is 2. The lowest BCUT2D eigenvalue weighted by Gasteiger charge is -2.29. The molecule has 0 radical (unpaired) electrons. The monoisotopic (exact) mass is 751 g/mol. The minimum atomic E-state index is -0.276. The number of fused-ring (bicyclic) bond motifs is 8. The van der Waals surface area contributed by atoms with Crippen LogP contribution in [0.4, 0.5) is 17.1 Å². The van der Waals surface area contributed by atoms with Crippen molar-refractivity contribution in [2.45, 2.75) is 64.2 Å². The molecular formula is C56H49NO. The predicted molar refractivity (Wildman–Crippen MR) is 247 cm³/mol. The van der Waals surface area contributed by atoms with Crippen molar-refractivity contribution in [1.29, 1.82) is 0 Å². The molecule has 3 aliphatic carbocycles. The highest BCUT2D eigenvalue weighted by atomic mass is 16.3. The van der Waals surface area contributed by atoms with Crippen molar-refractivity contribution in [3.63, 3.8) is 0 Å². The molecule has 0 amide bonds. The van der Waals surface area contributed by atoms with Gasteiger partial charge in [0.1, 0.15) is 11.3 Å². The van der Waals surface area contributed by atoms with E-state index in [1.165, 1.54) is 66.2 Å². The van der Waals surface area contributed by atoms with Gasteiger partial charge in [0, 0.05) is 51.3 Å². The van der Waals surface area contributed by atoms with Crippen molar-refractivity contribution in [2.24, 2.45) is 0 Å². The highest BCUT2D eigenvalue weighted by Crippen LogP contribution is 2.57. The fourth-order valence-electron chi connectivity index (χ4n) is 9.71. The Labute approximate surface area is 342 Å². The molecule has 1 atom stereocenters. The van der Waals surface area contributed by atoms with Crippen LogP contribution >= 0.6 is 0 Å². The summed E-state index contributed by atoms with van der Waals surface area (Å²) in [5, 5.41) is 3.79. The van der Waals surface area contributed by atoms with Crippen LogP contribution in [0.5, 0.6) is 0 Å². The van der Waals surface area contributed by atoms with Gasteiger partial charge in [-0.1, -0.05) is 154 Å². The van der Waals surface area contributed by atoms with Gasteiger partial charge in [0.25, 0.3) is 0 Å². The molecule has 0 spiro atoms. The third-order valence-corrected chi connectivity index (χ3v) is 12.6. The van der Waals surface area contributed by atoms with Gasteiger partial charge in [-0.25, -0.2) is 0 Å². The fraction of sp³-hybridized carbons (Fsp3) is 0.179. The average molecular weight is 752 g/mol. The van der Waals surface area contributed by atoms with Crippen molar-refractivity contribution in [3.05, 3.63) is 209 Å². The Balaban J connectivity index is 1.14. The highest BCUT2D eigenvalue weighted by Gasteiger charge is 2.41. The average Bonchev–Trinajstić information content (AvgIpc) is 3.75. The Hall–Kier alpha value is -6.38. The number of allylic oxidation sites excluding steroid dienone is 9. The molecule has 1 heterocycles. The molecule has 10 rings (SSSR count). The largest absolute Gasteiger partial charge is 0.456 e. The second-order valence-corrected chi connectivity index (χ2v) is 16.6. The molecule has 0 aliphatic heterocycles. The quantitative estimate of drug-likeness (QED) is 0.146. The zero-order valence-corrected chi connectivity index (χ0v) is 33.7. The minimum Gasteiger partial charge on any atom is -0.456 e. The summed E-state index contributed by atoms with van der Waals surface area (Å²) in [6.45, 7) is 6.98. The molecule has 1 unspecified atom stereocenters. The molecule has 2 heteroatoms. The summed E-state index contributed by atoms with van der Waals surface area (Å²) in [4.78, 5) is 2.44. The zero-order chi connectivity index (χ0) is 39.2. The molecule has 0 bridgehead atoms. The smallest absolute Gasteiger partial charge is 0.143 e. The number of anilines is 3. The van der Waals surface area contributed by atoms with E-state index >= 15 is 0 Å². The highest BCUT2D eigenvalue weighted by molar-refractivity contribution is 6.18. The van der Waals surface area contributed by atoms with E-state index in [2.05, 4.69) is 202 Å². The summed E-state index contributed by atoms with van der Waals surface area (Å²) in [6, 6.07) is 45.4. The maximum Gasteiger partial charge on any atom is 0.143 e. The van der Waals surface area contributed by atoms with E-state index in [0.717, 1.165) is 60.5 Å². The van der Waals surface area contributed by atoms with Crippen LogP contribution in [-0.4, -0.2) is 0 Å². The van der Waals surface area contributed by atoms with Crippen LogP contribution in [0.1, 0.15) is 91.5 Å². The summed E-state index contributed by atoms with van der Waals surface area (Å²) < 4.78 is 7.10. The van der Waals surface area contributed by atoms with Crippen molar-refractivity contribution in [1.82, 2.24) is 0 Å². The summed E-state index contributed by atoms with van der Waals surface area (Å²) in [5.41, 5.74) is 15.9. The van der Waals surface area contributed by atoms with E-state index in [4.69, 9.17) is 4.42 Å². The minimum absolute atomic E-state index is 0.276. The topological polar surface area (TPSA) is 16.4 Å². The van der Waals surface area contributed by atoms with E-state index in [1.807, 2.05) is 0 Å². The van der Waals surface area contributed by atoms with E-state index in [0.29, 0.717) is 5.92 Å². The van der Waals surface area contributed by atoms with Crippen LogP contribution in [0.15, 0.2) is 174 Å². The van der Waals surface area contributed by atoms with Gasteiger partial charge in [0.05, 0.1) is 0 Å². The second kappa shape index (κ2) is 14.8. The summed E-state index contributed by atoms with van der Waals surface area (Å²) >= 11 is 0. The summed E-state index contributed by atoms with van der Waals surface area (Å²) in [6.07, 6.45) is 25.0. The molecule has 0 N–H and O–H groups in total. The van der Waals surface area contributed by atoms with Gasteiger partial charge in [0.15, 0.2) is 0 Å². The van der Waals surface area contributed by atoms with Gasteiger partial charge in [-0.15, -0.1) is 0 Å². The maximum atomic E-state index is 7.10. The van der Waals surface area contributed by atoms with E-state index in [9.17, 15) is 0 Å². The Kier molecular flexibility index (Phi) is 9.21. The van der Waals surface area contributed by atoms with Gasteiger partial charge in [0.2, 0.25) is 0 Å². The molecule has 3 aliphatic rings. The first-order valence-corrected chi connectivity index (χ1v) is 21.0. The van der Waals surface area contributed by atoms with Crippen LogP contribution in [0.2, 0.25) is 0 Å². The molecule has 2 nitrogen and oxygen atoms in total. The van der Waals surface area contributed by atoms with E-state index in [1.54, 1.807) is 0 Å². The third-order valence-electron chi connectivity index (χ3n) is 12.6.